The summed E-state index contributed by atoms with van der Waals surface area (Å²) in [7, 11) is 0. The molecule has 0 aliphatic rings. The lowest BCUT2D eigenvalue weighted by atomic mass is 10.1. The number of nitrogens with one attached hydrogen (secondary N) is 2. The molecular formula is C22H20N4OS2. The predicted octanol–water partition coefficient (Wildman–Crippen LogP) is 5.62. The lowest BCUT2D eigenvalue weighted by molar-refractivity contribution is -0.115. The average molecular weight is 421 g/mol. The molecule has 0 saturated heterocycles. The minimum absolute atomic E-state index is 0.0997. The molecule has 1 amide bonds. The van der Waals surface area contributed by atoms with E-state index in [4.69, 9.17) is 0 Å². The van der Waals surface area contributed by atoms with Crippen molar-refractivity contribution in [3.8, 4) is 10.7 Å². The third kappa shape index (κ3) is 4.58. The number of thioether (sulfide) groups is 1. The molecule has 0 spiro atoms. The molecule has 0 aliphatic carbocycles. The van der Waals surface area contributed by atoms with Gasteiger partial charge in [0, 0.05) is 5.69 Å². The number of aromatic nitrogens is 3. The first-order valence-corrected chi connectivity index (χ1v) is 10.9. The zero-order valence-electron chi connectivity index (χ0n) is 16.0. The molecule has 146 valence electrons. The van der Waals surface area contributed by atoms with Crippen LogP contribution in [0, 0.1) is 13.8 Å². The van der Waals surface area contributed by atoms with Crippen molar-refractivity contribution in [3.63, 3.8) is 0 Å². The Kier molecular flexibility index (Phi) is 5.78. The van der Waals surface area contributed by atoms with E-state index in [0.29, 0.717) is 11.0 Å². The average Bonchev–Trinajstić information content (AvgIpc) is 3.41. The highest BCUT2D eigenvalue weighted by Gasteiger charge is 2.25. The number of hydrogen-bond donors (Lipinski definition) is 2. The summed E-state index contributed by atoms with van der Waals surface area (Å²) in [5, 5.41) is 12.4. The number of thiophene rings is 1. The number of carbonyl (C=O) groups excluding carboxylic acids is 1. The number of H-pyrrole nitrogens is 1. The van der Waals surface area contributed by atoms with Crippen LogP contribution in [0.3, 0.4) is 0 Å². The van der Waals surface area contributed by atoms with Crippen molar-refractivity contribution >= 4 is 34.7 Å². The summed E-state index contributed by atoms with van der Waals surface area (Å²) in [5.41, 5.74) is 3.86. The van der Waals surface area contributed by atoms with Crippen LogP contribution in [0.1, 0.15) is 21.9 Å². The highest BCUT2D eigenvalue weighted by Crippen LogP contribution is 2.35. The topological polar surface area (TPSA) is 70.7 Å². The Bertz CT molecular complexity index is 1110. The van der Waals surface area contributed by atoms with E-state index < -0.39 is 5.25 Å². The van der Waals surface area contributed by atoms with Gasteiger partial charge in [-0.25, -0.2) is 4.98 Å². The second-order valence-corrected chi connectivity index (χ2v) is 8.68. The maximum absolute atomic E-state index is 13.2. The van der Waals surface area contributed by atoms with Gasteiger partial charge in [-0.3, -0.25) is 9.89 Å². The van der Waals surface area contributed by atoms with Gasteiger partial charge in [-0.05, 0) is 48.1 Å². The summed E-state index contributed by atoms with van der Waals surface area (Å²) in [6, 6.07) is 19.7. The zero-order valence-corrected chi connectivity index (χ0v) is 17.7. The number of nitrogens with zero attached hydrogens (tertiary/aromatic N) is 2. The normalized spacial score (nSPS) is 11.9. The zero-order chi connectivity index (χ0) is 20.2. The van der Waals surface area contributed by atoms with Crippen molar-refractivity contribution in [2.45, 2.75) is 24.3 Å². The van der Waals surface area contributed by atoms with Crippen molar-refractivity contribution in [3.05, 3.63) is 82.7 Å². The highest BCUT2D eigenvalue weighted by molar-refractivity contribution is 8.00. The van der Waals surface area contributed by atoms with E-state index in [1.54, 1.807) is 11.3 Å². The third-order valence-corrected chi connectivity index (χ3v) is 6.43. The maximum atomic E-state index is 13.2. The van der Waals surface area contributed by atoms with Crippen molar-refractivity contribution < 1.29 is 4.79 Å². The van der Waals surface area contributed by atoms with Crippen LogP contribution < -0.4 is 5.32 Å². The standard InChI is InChI=1S/C22H20N4OS2/c1-14-10-11-15(2)17(13-14)23-21(27)19(16-7-4-3-5-8-16)29-22-24-20(25-26-22)18-9-6-12-28-18/h3-13,19H,1-2H3,(H,23,27)(H,24,25,26)/t19-/m1/s1. The smallest absolute Gasteiger partial charge is 0.242 e. The van der Waals surface area contributed by atoms with Crippen LogP contribution in [-0.2, 0) is 4.79 Å². The number of amides is 1. The first kappa shape index (κ1) is 19.4. The lowest BCUT2D eigenvalue weighted by Gasteiger charge is -2.17. The Morgan fingerprint density at radius 1 is 1.10 bits per heavy atom. The van der Waals surface area contributed by atoms with Crippen molar-refractivity contribution in [1.29, 1.82) is 0 Å². The van der Waals surface area contributed by atoms with Crippen LogP contribution in [0.25, 0.3) is 10.7 Å². The van der Waals surface area contributed by atoms with Crippen molar-refractivity contribution in [2.75, 3.05) is 5.32 Å². The molecule has 7 heteroatoms. The van der Waals surface area contributed by atoms with Crippen LogP contribution in [0.5, 0.6) is 0 Å². The Morgan fingerprint density at radius 3 is 2.69 bits per heavy atom. The predicted molar refractivity (Wildman–Crippen MR) is 119 cm³/mol. The molecule has 4 rings (SSSR count). The van der Waals surface area contributed by atoms with Crippen LogP contribution in [0.4, 0.5) is 5.69 Å². The summed E-state index contributed by atoms with van der Waals surface area (Å²) < 4.78 is 0. The van der Waals surface area contributed by atoms with Gasteiger partial charge in [0.05, 0.1) is 4.88 Å². The van der Waals surface area contributed by atoms with Gasteiger partial charge in [-0.1, -0.05) is 60.3 Å². The first-order chi connectivity index (χ1) is 14.1. The number of hydrogen-bond acceptors (Lipinski definition) is 5. The minimum Gasteiger partial charge on any atom is -0.325 e. The van der Waals surface area contributed by atoms with Gasteiger partial charge in [0.15, 0.2) is 5.82 Å². The Hall–Kier alpha value is -2.90. The van der Waals surface area contributed by atoms with Gasteiger partial charge in [-0.2, -0.15) is 0 Å². The van der Waals surface area contributed by atoms with Crippen LogP contribution in [-0.4, -0.2) is 21.1 Å². The van der Waals surface area contributed by atoms with Gasteiger partial charge >= 0.3 is 0 Å². The molecule has 0 fully saturated rings. The molecule has 2 heterocycles. The fourth-order valence-electron chi connectivity index (χ4n) is 2.90. The Balaban J connectivity index is 1.60. The molecule has 4 aromatic rings. The highest BCUT2D eigenvalue weighted by atomic mass is 32.2. The monoisotopic (exact) mass is 420 g/mol. The number of aromatic amines is 1. The Morgan fingerprint density at radius 2 is 1.93 bits per heavy atom. The van der Waals surface area contributed by atoms with Gasteiger partial charge < -0.3 is 5.32 Å². The second-order valence-electron chi connectivity index (χ2n) is 6.66. The molecule has 0 unspecified atom stereocenters. The number of aryl methyl sites for hydroxylation is 2. The first-order valence-electron chi connectivity index (χ1n) is 9.16. The summed E-state index contributed by atoms with van der Waals surface area (Å²) in [6.45, 7) is 4.00. The summed E-state index contributed by atoms with van der Waals surface area (Å²) in [6.07, 6.45) is 0. The van der Waals surface area contributed by atoms with Gasteiger partial charge in [-0.15, -0.1) is 16.4 Å². The minimum atomic E-state index is -0.469. The van der Waals surface area contributed by atoms with Crippen LogP contribution >= 0.6 is 23.1 Å². The van der Waals surface area contributed by atoms with E-state index >= 15 is 0 Å². The molecule has 29 heavy (non-hydrogen) atoms. The van der Waals surface area contributed by atoms with E-state index in [0.717, 1.165) is 27.3 Å². The van der Waals surface area contributed by atoms with Gasteiger partial charge in [0.2, 0.25) is 11.1 Å². The molecular weight excluding hydrogens is 400 g/mol. The molecule has 2 N–H and O–H groups in total. The molecule has 5 nitrogen and oxygen atoms in total. The maximum Gasteiger partial charge on any atom is 0.242 e. The molecule has 0 aliphatic heterocycles. The molecule has 2 aromatic carbocycles. The van der Waals surface area contributed by atoms with E-state index in [-0.39, 0.29) is 5.91 Å². The van der Waals surface area contributed by atoms with Crippen molar-refractivity contribution in [2.24, 2.45) is 0 Å². The third-order valence-electron chi connectivity index (χ3n) is 4.43. The number of carbonyl (C=O) groups is 1. The Labute approximate surface area is 177 Å². The molecule has 0 bridgehead atoms. The van der Waals surface area contributed by atoms with Gasteiger partial charge in [0.25, 0.3) is 0 Å². The number of rotatable bonds is 6. The molecule has 0 saturated carbocycles. The van der Waals surface area contributed by atoms with E-state index in [9.17, 15) is 4.79 Å². The molecule has 1 atom stereocenters. The largest absolute Gasteiger partial charge is 0.325 e. The number of benzene rings is 2. The van der Waals surface area contributed by atoms with E-state index in [1.807, 2.05) is 79.9 Å². The quantitative estimate of drug-likeness (QED) is 0.397. The fourth-order valence-corrected chi connectivity index (χ4v) is 4.47. The van der Waals surface area contributed by atoms with E-state index in [2.05, 4.69) is 20.5 Å². The molecule has 0 radical (unpaired) electrons. The molecule has 2 aromatic heterocycles. The van der Waals surface area contributed by atoms with Crippen LogP contribution in [0.15, 0.2) is 71.2 Å². The van der Waals surface area contributed by atoms with E-state index in [1.165, 1.54) is 11.8 Å². The van der Waals surface area contributed by atoms with Crippen LogP contribution in [0.2, 0.25) is 0 Å². The second kappa shape index (κ2) is 8.63. The number of anilines is 1. The summed E-state index contributed by atoms with van der Waals surface area (Å²) in [5.74, 6) is 0.613. The fraction of sp³-hybridized carbons (Fsp3) is 0.136. The van der Waals surface area contributed by atoms with Crippen molar-refractivity contribution in [1.82, 2.24) is 15.2 Å². The lowest BCUT2D eigenvalue weighted by Crippen LogP contribution is -2.19. The SMILES string of the molecule is Cc1ccc(C)c(NC(=O)[C@H](Sc2n[nH]c(-c3cccs3)n2)c2ccccc2)c1. The van der Waals surface area contributed by atoms with Gasteiger partial charge in [0.1, 0.15) is 5.25 Å². The summed E-state index contributed by atoms with van der Waals surface area (Å²) >= 11 is 2.93. The summed E-state index contributed by atoms with van der Waals surface area (Å²) in [4.78, 5) is 18.8.